The topological polar surface area (TPSA) is 96.2 Å². The molecule has 1 saturated heterocycles. The van der Waals surface area contributed by atoms with Crippen LogP contribution in [0.25, 0.3) is 11.2 Å². The molecule has 8 nitrogen and oxygen atoms in total. The lowest BCUT2D eigenvalue weighted by Gasteiger charge is -2.35. The molecule has 2 aromatic heterocycles. The lowest BCUT2D eigenvalue weighted by Crippen LogP contribution is -2.47. The van der Waals surface area contributed by atoms with Gasteiger partial charge in [-0.15, -0.1) is 0 Å². The number of ether oxygens (including phenoxy) is 1. The maximum Gasteiger partial charge on any atom is 0.224 e. The van der Waals surface area contributed by atoms with Crippen LogP contribution in [-0.4, -0.2) is 64.2 Å². The second kappa shape index (κ2) is 6.94. The molecule has 0 spiro atoms. The van der Waals surface area contributed by atoms with Gasteiger partial charge in [-0.1, -0.05) is 18.2 Å². The van der Waals surface area contributed by atoms with Crippen molar-refractivity contribution in [3.63, 3.8) is 0 Å². The Morgan fingerprint density at radius 3 is 2.68 bits per heavy atom. The second-order valence-electron chi connectivity index (χ2n) is 6.00. The summed E-state index contributed by atoms with van der Waals surface area (Å²) in [6, 6.07) is 9.91. The number of anilines is 2. The molecule has 8 heteroatoms. The summed E-state index contributed by atoms with van der Waals surface area (Å²) in [7, 11) is 0. The number of imidazole rings is 1. The molecule has 0 radical (unpaired) electrons. The Hall–Kier alpha value is -2.87. The summed E-state index contributed by atoms with van der Waals surface area (Å²) < 4.78 is 5.78. The van der Waals surface area contributed by atoms with Crippen LogP contribution >= 0.6 is 0 Å². The van der Waals surface area contributed by atoms with E-state index in [2.05, 4.69) is 29.7 Å². The number of hydrogen-bond acceptors (Lipinski definition) is 7. The fourth-order valence-corrected chi connectivity index (χ4v) is 3.06. The van der Waals surface area contributed by atoms with E-state index in [1.165, 1.54) is 0 Å². The Morgan fingerprint density at radius 2 is 1.88 bits per heavy atom. The minimum absolute atomic E-state index is 0.258. The van der Waals surface area contributed by atoms with E-state index in [1.54, 1.807) is 6.33 Å². The van der Waals surface area contributed by atoms with Crippen LogP contribution in [0.5, 0.6) is 5.75 Å². The fraction of sp³-hybridized carbons (Fsp3) is 0.353. The first kappa shape index (κ1) is 15.6. The van der Waals surface area contributed by atoms with E-state index < -0.39 is 0 Å². The zero-order valence-electron chi connectivity index (χ0n) is 13.9. The zero-order valence-corrected chi connectivity index (χ0v) is 13.9. The van der Waals surface area contributed by atoms with Gasteiger partial charge in [0.25, 0.3) is 0 Å². The van der Waals surface area contributed by atoms with Crippen LogP contribution in [0.15, 0.2) is 36.7 Å². The number of para-hydroxylation sites is 1. The van der Waals surface area contributed by atoms with Gasteiger partial charge in [0.05, 0.1) is 6.33 Å². The summed E-state index contributed by atoms with van der Waals surface area (Å²) in [4.78, 5) is 20.5. The molecule has 0 saturated carbocycles. The van der Waals surface area contributed by atoms with E-state index >= 15 is 0 Å². The molecule has 0 amide bonds. The van der Waals surface area contributed by atoms with Crippen molar-refractivity contribution in [2.45, 2.75) is 0 Å². The maximum atomic E-state index is 5.81. The van der Waals surface area contributed by atoms with Gasteiger partial charge in [-0.3, -0.25) is 4.90 Å². The van der Waals surface area contributed by atoms with E-state index in [0.717, 1.165) is 49.8 Å². The van der Waals surface area contributed by atoms with Gasteiger partial charge in [-0.2, -0.15) is 9.97 Å². The minimum Gasteiger partial charge on any atom is -0.492 e. The van der Waals surface area contributed by atoms with Crippen LogP contribution in [-0.2, 0) is 0 Å². The molecular formula is C17H21N7O. The summed E-state index contributed by atoms with van der Waals surface area (Å²) in [6.07, 6.45) is 1.62. The van der Waals surface area contributed by atoms with Crippen LogP contribution in [0, 0.1) is 0 Å². The monoisotopic (exact) mass is 339 g/mol. The van der Waals surface area contributed by atoms with Crippen molar-refractivity contribution in [3.05, 3.63) is 36.7 Å². The molecule has 0 unspecified atom stereocenters. The number of aromatic nitrogens is 4. The SMILES string of the molecule is Nc1nc(N2CCN(CCOc3ccccc3)CC2)c2[nH]cnc2n1. The van der Waals surface area contributed by atoms with Gasteiger partial charge in [-0.25, -0.2) is 4.98 Å². The van der Waals surface area contributed by atoms with Crippen LogP contribution in [0.3, 0.4) is 0 Å². The van der Waals surface area contributed by atoms with Crippen molar-refractivity contribution in [2.24, 2.45) is 0 Å². The number of benzene rings is 1. The average molecular weight is 339 g/mol. The number of nitrogens with two attached hydrogens (primary N) is 1. The molecule has 3 N–H and O–H groups in total. The van der Waals surface area contributed by atoms with Gasteiger partial charge in [0.1, 0.15) is 17.9 Å². The zero-order chi connectivity index (χ0) is 17.1. The van der Waals surface area contributed by atoms with E-state index in [4.69, 9.17) is 10.5 Å². The molecule has 1 aliphatic rings. The summed E-state index contributed by atoms with van der Waals surface area (Å²) in [6.45, 7) is 5.28. The highest BCUT2D eigenvalue weighted by molar-refractivity contribution is 5.84. The van der Waals surface area contributed by atoms with Crippen LogP contribution in [0.2, 0.25) is 0 Å². The number of nitrogen functional groups attached to an aromatic ring is 1. The first-order valence-electron chi connectivity index (χ1n) is 8.41. The average Bonchev–Trinajstić information content (AvgIpc) is 3.11. The first-order valence-corrected chi connectivity index (χ1v) is 8.41. The van der Waals surface area contributed by atoms with Gasteiger partial charge in [-0.05, 0) is 12.1 Å². The molecule has 0 atom stereocenters. The van der Waals surface area contributed by atoms with E-state index in [9.17, 15) is 0 Å². The first-order chi connectivity index (χ1) is 12.3. The number of rotatable bonds is 5. The molecular weight excluding hydrogens is 318 g/mol. The molecule has 0 bridgehead atoms. The molecule has 4 rings (SSSR count). The van der Waals surface area contributed by atoms with Gasteiger partial charge in [0.2, 0.25) is 5.95 Å². The lowest BCUT2D eigenvalue weighted by molar-refractivity contribution is 0.200. The smallest absolute Gasteiger partial charge is 0.224 e. The van der Waals surface area contributed by atoms with Crippen molar-refractivity contribution in [1.82, 2.24) is 24.8 Å². The number of piperazine rings is 1. The number of nitrogens with one attached hydrogen (secondary N) is 1. The highest BCUT2D eigenvalue weighted by Crippen LogP contribution is 2.22. The summed E-state index contributed by atoms with van der Waals surface area (Å²) >= 11 is 0. The van der Waals surface area contributed by atoms with Crippen molar-refractivity contribution >= 4 is 22.9 Å². The Balaban J connectivity index is 1.33. The Bertz CT molecular complexity index is 827. The van der Waals surface area contributed by atoms with Crippen LogP contribution in [0.4, 0.5) is 11.8 Å². The van der Waals surface area contributed by atoms with Gasteiger partial charge in [0, 0.05) is 32.7 Å². The molecule has 3 aromatic rings. The summed E-state index contributed by atoms with van der Waals surface area (Å²) in [5, 5.41) is 0. The molecule has 1 fully saturated rings. The molecule has 130 valence electrons. The highest BCUT2D eigenvalue weighted by Gasteiger charge is 2.21. The van der Waals surface area contributed by atoms with Crippen molar-refractivity contribution < 1.29 is 4.74 Å². The van der Waals surface area contributed by atoms with E-state index in [0.29, 0.717) is 12.3 Å². The third-order valence-corrected chi connectivity index (χ3v) is 4.38. The van der Waals surface area contributed by atoms with E-state index in [-0.39, 0.29) is 5.95 Å². The Morgan fingerprint density at radius 1 is 1.08 bits per heavy atom. The minimum atomic E-state index is 0.258. The van der Waals surface area contributed by atoms with E-state index in [1.807, 2.05) is 30.3 Å². The third-order valence-electron chi connectivity index (χ3n) is 4.38. The molecule has 1 aliphatic heterocycles. The summed E-state index contributed by atoms with van der Waals surface area (Å²) in [5.41, 5.74) is 7.26. The quantitative estimate of drug-likeness (QED) is 0.719. The van der Waals surface area contributed by atoms with Crippen molar-refractivity contribution in [3.8, 4) is 5.75 Å². The Kier molecular flexibility index (Phi) is 4.34. The normalized spacial score (nSPS) is 15.6. The van der Waals surface area contributed by atoms with Crippen LogP contribution < -0.4 is 15.4 Å². The van der Waals surface area contributed by atoms with Gasteiger partial charge < -0.3 is 20.4 Å². The largest absolute Gasteiger partial charge is 0.492 e. The maximum absolute atomic E-state index is 5.81. The second-order valence-corrected chi connectivity index (χ2v) is 6.00. The predicted octanol–water partition coefficient (Wildman–Crippen LogP) is 1.14. The molecule has 3 heterocycles. The molecule has 1 aromatic carbocycles. The molecule has 25 heavy (non-hydrogen) atoms. The highest BCUT2D eigenvalue weighted by atomic mass is 16.5. The van der Waals surface area contributed by atoms with Crippen molar-refractivity contribution in [1.29, 1.82) is 0 Å². The summed E-state index contributed by atoms with van der Waals surface area (Å²) in [5.74, 6) is 2.01. The standard InChI is InChI=1S/C17H21N7O/c18-17-21-15-14(19-12-20-15)16(22-17)24-8-6-23(7-9-24)10-11-25-13-4-2-1-3-5-13/h1-5,12H,6-11H2,(H3,18,19,20,21,22). The number of nitrogens with zero attached hydrogens (tertiary/aromatic N) is 5. The molecule has 0 aliphatic carbocycles. The predicted molar refractivity (Wildman–Crippen MR) is 96.7 cm³/mol. The fourth-order valence-electron chi connectivity index (χ4n) is 3.06. The van der Waals surface area contributed by atoms with Gasteiger partial charge in [0.15, 0.2) is 11.5 Å². The van der Waals surface area contributed by atoms with Crippen molar-refractivity contribution in [2.75, 3.05) is 50.0 Å². The van der Waals surface area contributed by atoms with Crippen LogP contribution in [0.1, 0.15) is 0 Å². The number of aromatic amines is 1. The Labute approximate surface area is 145 Å². The number of hydrogen-bond donors (Lipinski definition) is 2. The van der Waals surface area contributed by atoms with Gasteiger partial charge >= 0.3 is 0 Å². The third kappa shape index (κ3) is 3.48. The number of H-pyrrole nitrogens is 1. The number of fused-ring (bicyclic) bond motifs is 1. The lowest BCUT2D eigenvalue weighted by atomic mass is 10.3.